The summed E-state index contributed by atoms with van der Waals surface area (Å²) in [5, 5.41) is 12.7. The van der Waals surface area contributed by atoms with E-state index < -0.39 is 5.92 Å². The summed E-state index contributed by atoms with van der Waals surface area (Å²) in [6, 6.07) is 13.4. The molecule has 39 heavy (non-hydrogen) atoms. The number of carbonyl (C=O) groups excluding carboxylic acids is 2. The third kappa shape index (κ3) is 4.31. The Morgan fingerprint density at radius 2 is 1.85 bits per heavy atom. The molecule has 2 amide bonds. The molecule has 1 unspecified atom stereocenters. The number of aryl methyl sites for hydroxylation is 2. The molecular formula is C28H25FN8O2. The lowest BCUT2D eigenvalue weighted by atomic mass is 10.1. The van der Waals surface area contributed by atoms with Gasteiger partial charge in [-0.3, -0.25) is 9.59 Å². The largest absolute Gasteiger partial charge is 0.312 e. The van der Waals surface area contributed by atoms with Crippen LogP contribution in [0.15, 0.2) is 61.1 Å². The van der Waals surface area contributed by atoms with Crippen LogP contribution in [0.2, 0.25) is 0 Å². The van der Waals surface area contributed by atoms with Gasteiger partial charge < -0.3 is 10.2 Å². The number of nitrogens with one attached hydrogen (secondary N) is 1. The fourth-order valence-corrected chi connectivity index (χ4v) is 4.87. The van der Waals surface area contributed by atoms with Crippen molar-refractivity contribution in [1.82, 2.24) is 29.5 Å². The van der Waals surface area contributed by atoms with Crippen LogP contribution >= 0.6 is 0 Å². The Balaban J connectivity index is 1.30. The number of carbonyl (C=O) groups is 2. The van der Waals surface area contributed by atoms with E-state index in [1.807, 2.05) is 39.0 Å². The number of hydrogen-bond acceptors (Lipinski definition) is 6. The molecule has 10 nitrogen and oxygen atoms in total. The SMILES string of the molecule is Cc1cc(NC(=O)C2CC(=O)N(c3ccc(F)cc3)C2)n(-c2ncnc3c2cnn3-c2cccc(C)c2C)n1. The Kier molecular flexibility index (Phi) is 5.90. The summed E-state index contributed by atoms with van der Waals surface area (Å²) in [6.45, 7) is 6.10. The van der Waals surface area contributed by atoms with Crippen LogP contribution in [0.25, 0.3) is 22.5 Å². The van der Waals surface area contributed by atoms with Crippen LogP contribution < -0.4 is 10.2 Å². The molecule has 1 aliphatic rings. The first-order chi connectivity index (χ1) is 18.8. The summed E-state index contributed by atoms with van der Waals surface area (Å²) < 4.78 is 16.7. The van der Waals surface area contributed by atoms with Crippen molar-refractivity contribution in [2.45, 2.75) is 27.2 Å². The van der Waals surface area contributed by atoms with Gasteiger partial charge in [0.1, 0.15) is 18.0 Å². The number of benzene rings is 2. The fourth-order valence-electron chi connectivity index (χ4n) is 4.87. The molecule has 0 spiro atoms. The van der Waals surface area contributed by atoms with Crippen LogP contribution in [-0.4, -0.2) is 47.9 Å². The van der Waals surface area contributed by atoms with Crippen molar-refractivity contribution < 1.29 is 14.0 Å². The average molecular weight is 525 g/mol. The number of fused-ring (bicyclic) bond motifs is 1. The monoisotopic (exact) mass is 524 g/mol. The molecule has 2 aromatic carbocycles. The van der Waals surface area contributed by atoms with E-state index in [2.05, 4.69) is 25.5 Å². The van der Waals surface area contributed by atoms with Crippen molar-refractivity contribution in [3.63, 3.8) is 0 Å². The minimum Gasteiger partial charge on any atom is -0.312 e. The molecule has 0 radical (unpaired) electrons. The van der Waals surface area contributed by atoms with Crippen molar-refractivity contribution in [1.29, 1.82) is 0 Å². The van der Waals surface area contributed by atoms with Crippen LogP contribution in [0.5, 0.6) is 0 Å². The Bertz CT molecular complexity index is 1740. The maximum atomic E-state index is 13.3. The predicted octanol–water partition coefficient (Wildman–Crippen LogP) is 4.06. The van der Waals surface area contributed by atoms with Gasteiger partial charge in [-0.25, -0.2) is 19.0 Å². The molecule has 4 heterocycles. The molecule has 1 fully saturated rings. The molecule has 1 atom stereocenters. The predicted molar refractivity (Wildman–Crippen MR) is 143 cm³/mol. The molecule has 6 rings (SSSR count). The molecule has 1 saturated heterocycles. The van der Waals surface area contributed by atoms with E-state index in [0.29, 0.717) is 34.1 Å². The minimum atomic E-state index is -0.580. The highest BCUT2D eigenvalue weighted by Gasteiger charge is 2.35. The van der Waals surface area contributed by atoms with E-state index in [0.717, 1.165) is 16.8 Å². The second kappa shape index (κ2) is 9.43. The van der Waals surface area contributed by atoms with Crippen LogP contribution in [-0.2, 0) is 9.59 Å². The molecule has 1 aliphatic heterocycles. The van der Waals surface area contributed by atoms with Crippen molar-refractivity contribution in [3.05, 3.63) is 83.7 Å². The van der Waals surface area contributed by atoms with Crippen molar-refractivity contribution in [2.24, 2.45) is 5.92 Å². The fraction of sp³-hybridized carbons (Fsp3) is 0.214. The van der Waals surface area contributed by atoms with Gasteiger partial charge in [0.15, 0.2) is 11.5 Å². The summed E-state index contributed by atoms with van der Waals surface area (Å²) in [6.07, 6.45) is 3.18. The summed E-state index contributed by atoms with van der Waals surface area (Å²) in [5.74, 6) is -0.584. The summed E-state index contributed by atoms with van der Waals surface area (Å²) >= 11 is 0. The van der Waals surface area contributed by atoms with Gasteiger partial charge in [-0.05, 0) is 62.2 Å². The topological polar surface area (TPSA) is 111 Å². The molecule has 11 heteroatoms. The molecule has 1 N–H and O–H groups in total. The molecule has 5 aromatic rings. The normalized spacial score (nSPS) is 15.3. The number of rotatable bonds is 5. The van der Waals surface area contributed by atoms with Crippen LogP contribution in [0, 0.1) is 32.5 Å². The van der Waals surface area contributed by atoms with Gasteiger partial charge in [0, 0.05) is 24.7 Å². The third-order valence-corrected chi connectivity index (χ3v) is 7.07. The maximum Gasteiger partial charge on any atom is 0.230 e. The summed E-state index contributed by atoms with van der Waals surface area (Å²) in [4.78, 5) is 36.4. The standard InChI is InChI=1S/C28H25FN8O2/c1-16-5-4-6-23(18(16)3)36-26-22(13-32-36)27(31-15-30-26)37-24(11-17(2)34-37)33-28(39)19-12-25(38)35(14-19)21-9-7-20(29)8-10-21/h4-11,13,15,19H,12,14H2,1-3H3,(H,33,39). The van der Waals surface area contributed by atoms with Crippen LogP contribution in [0.4, 0.5) is 15.9 Å². The van der Waals surface area contributed by atoms with Gasteiger partial charge in [-0.2, -0.15) is 14.9 Å². The molecule has 3 aromatic heterocycles. The lowest BCUT2D eigenvalue weighted by Crippen LogP contribution is -2.28. The quantitative estimate of drug-likeness (QED) is 0.371. The van der Waals surface area contributed by atoms with Crippen molar-refractivity contribution in [2.75, 3.05) is 16.8 Å². The van der Waals surface area contributed by atoms with E-state index in [-0.39, 0.29) is 30.6 Å². The van der Waals surface area contributed by atoms with Gasteiger partial charge in [-0.15, -0.1) is 0 Å². The average Bonchev–Trinajstić information content (AvgIpc) is 3.63. The van der Waals surface area contributed by atoms with Gasteiger partial charge in [0.2, 0.25) is 11.8 Å². The first-order valence-electron chi connectivity index (χ1n) is 12.5. The third-order valence-electron chi connectivity index (χ3n) is 7.07. The molecule has 196 valence electrons. The highest BCUT2D eigenvalue weighted by atomic mass is 19.1. The number of amides is 2. The lowest BCUT2D eigenvalue weighted by molar-refractivity contribution is -0.122. The molecule has 0 saturated carbocycles. The molecule has 0 aliphatic carbocycles. The highest BCUT2D eigenvalue weighted by Crippen LogP contribution is 2.29. The second-order valence-electron chi connectivity index (χ2n) is 9.66. The van der Waals surface area contributed by atoms with Gasteiger partial charge in [-0.1, -0.05) is 12.1 Å². The van der Waals surface area contributed by atoms with Gasteiger partial charge in [0.05, 0.1) is 28.9 Å². The smallest absolute Gasteiger partial charge is 0.230 e. The Morgan fingerprint density at radius 1 is 1.05 bits per heavy atom. The zero-order valence-electron chi connectivity index (χ0n) is 21.6. The summed E-state index contributed by atoms with van der Waals surface area (Å²) in [5.41, 5.74) is 4.98. The molecular weight excluding hydrogens is 499 g/mol. The van der Waals surface area contributed by atoms with Gasteiger partial charge >= 0.3 is 0 Å². The van der Waals surface area contributed by atoms with Gasteiger partial charge in [0.25, 0.3) is 0 Å². The van der Waals surface area contributed by atoms with Crippen LogP contribution in [0.1, 0.15) is 23.2 Å². The Morgan fingerprint density at radius 3 is 2.64 bits per heavy atom. The van der Waals surface area contributed by atoms with Crippen LogP contribution in [0.3, 0.4) is 0 Å². The number of nitrogens with zero attached hydrogens (tertiary/aromatic N) is 7. The zero-order valence-corrected chi connectivity index (χ0v) is 21.6. The second-order valence-corrected chi connectivity index (χ2v) is 9.66. The van der Waals surface area contributed by atoms with E-state index in [1.165, 1.54) is 35.5 Å². The van der Waals surface area contributed by atoms with Crippen molar-refractivity contribution >= 4 is 34.4 Å². The number of aromatic nitrogens is 6. The first kappa shape index (κ1) is 24.4. The first-order valence-corrected chi connectivity index (χ1v) is 12.5. The Labute approximate surface area is 223 Å². The zero-order chi connectivity index (χ0) is 27.3. The van der Waals surface area contributed by atoms with E-state index in [1.54, 1.807) is 21.6 Å². The number of anilines is 2. The van der Waals surface area contributed by atoms with E-state index in [4.69, 9.17) is 0 Å². The van der Waals surface area contributed by atoms with Crippen molar-refractivity contribution in [3.8, 4) is 11.5 Å². The Hall–Kier alpha value is -4.93. The molecule has 0 bridgehead atoms. The van der Waals surface area contributed by atoms with E-state index in [9.17, 15) is 14.0 Å². The lowest BCUT2D eigenvalue weighted by Gasteiger charge is -2.16. The van der Waals surface area contributed by atoms with E-state index >= 15 is 0 Å². The number of halogens is 1. The highest BCUT2D eigenvalue weighted by molar-refractivity contribution is 6.03. The maximum absolute atomic E-state index is 13.3. The minimum absolute atomic E-state index is 0.0523. The number of hydrogen-bond donors (Lipinski definition) is 1. The summed E-state index contributed by atoms with van der Waals surface area (Å²) in [7, 11) is 0.